The summed E-state index contributed by atoms with van der Waals surface area (Å²) in [4.78, 5) is 22.2. The van der Waals surface area contributed by atoms with Crippen LogP contribution >= 0.6 is 0 Å². The predicted molar refractivity (Wildman–Crippen MR) is 121 cm³/mol. The van der Waals surface area contributed by atoms with Gasteiger partial charge in [-0.25, -0.2) is 0 Å². The molecule has 2 aromatic rings. The predicted octanol–water partition coefficient (Wildman–Crippen LogP) is 3.44. The van der Waals surface area contributed by atoms with E-state index in [0.29, 0.717) is 6.54 Å². The molecule has 1 aliphatic heterocycles. The van der Waals surface area contributed by atoms with Crippen LogP contribution in [0.5, 0.6) is 0 Å². The summed E-state index contributed by atoms with van der Waals surface area (Å²) < 4.78 is 0. The summed E-state index contributed by atoms with van der Waals surface area (Å²) >= 11 is 0. The second kappa shape index (κ2) is 10.5. The minimum absolute atomic E-state index is 0.126. The van der Waals surface area contributed by atoms with Gasteiger partial charge in [-0.1, -0.05) is 44.2 Å². The minimum atomic E-state index is 0.126. The van der Waals surface area contributed by atoms with E-state index in [4.69, 9.17) is 0 Å². The number of hydrogen-bond donors (Lipinski definition) is 0. The standard InChI is InChI=1S/C24H34N4O/c1-4-26(5-2)19-21-10-9-13-23(18-21)28(22-11-7-6-8-12-22)24(29)20-27-16-14-25(3)15-17-27/h6-13,18H,4-5,14-17,19-20H2,1-3H3. The third kappa shape index (κ3) is 5.89. The Hall–Kier alpha value is -2.21. The normalized spacial score (nSPS) is 15.6. The van der Waals surface area contributed by atoms with Gasteiger partial charge in [0.25, 0.3) is 0 Å². The number of carbonyl (C=O) groups is 1. The molecule has 1 saturated heterocycles. The molecule has 0 aliphatic carbocycles. The maximum absolute atomic E-state index is 13.4. The summed E-state index contributed by atoms with van der Waals surface area (Å²) in [5, 5.41) is 0. The summed E-state index contributed by atoms with van der Waals surface area (Å²) in [5.41, 5.74) is 3.10. The molecule has 1 heterocycles. The number of nitrogens with zero attached hydrogens (tertiary/aromatic N) is 4. The number of benzene rings is 2. The summed E-state index contributed by atoms with van der Waals surface area (Å²) in [6.45, 7) is 11.7. The topological polar surface area (TPSA) is 30.0 Å². The second-order valence-corrected chi connectivity index (χ2v) is 7.78. The van der Waals surface area contributed by atoms with Crippen molar-refractivity contribution >= 4 is 17.3 Å². The minimum Gasteiger partial charge on any atom is -0.304 e. The third-order valence-electron chi connectivity index (χ3n) is 5.69. The first kappa shape index (κ1) is 21.5. The third-order valence-corrected chi connectivity index (χ3v) is 5.69. The molecule has 0 N–H and O–H groups in total. The Balaban J connectivity index is 1.83. The molecule has 5 heteroatoms. The van der Waals surface area contributed by atoms with Crippen molar-refractivity contribution in [3.05, 3.63) is 60.2 Å². The summed E-state index contributed by atoms with van der Waals surface area (Å²) in [6.07, 6.45) is 0. The van der Waals surface area contributed by atoms with Crippen LogP contribution < -0.4 is 4.90 Å². The second-order valence-electron chi connectivity index (χ2n) is 7.78. The van der Waals surface area contributed by atoms with Gasteiger partial charge in [0.15, 0.2) is 0 Å². The van der Waals surface area contributed by atoms with Crippen molar-refractivity contribution in [1.29, 1.82) is 0 Å². The molecule has 0 atom stereocenters. The van der Waals surface area contributed by atoms with Gasteiger partial charge in [-0.05, 0) is 50.0 Å². The molecular formula is C24H34N4O. The first-order chi connectivity index (χ1) is 14.1. The summed E-state index contributed by atoms with van der Waals surface area (Å²) in [7, 11) is 2.14. The van der Waals surface area contributed by atoms with Gasteiger partial charge in [-0.15, -0.1) is 0 Å². The lowest BCUT2D eigenvalue weighted by atomic mass is 10.1. The maximum atomic E-state index is 13.4. The van der Waals surface area contributed by atoms with E-state index in [1.54, 1.807) is 0 Å². The fourth-order valence-electron chi connectivity index (χ4n) is 3.78. The average Bonchev–Trinajstić information content (AvgIpc) is 2.75. The molecule has 1 aliphatic rings. The fraction of sp³-hybridized carbons (Fsp3) is 0.458. The highest BCUT2D eigenvalue weighted by molar-refractivity contribution is 6.01. The lowest BCUT2D eigenvalue weighted by Gasteiger charge is -2.33. The van der Waals surface area contributed by atoms with Gasteiger partial charge in [0, 0.05) is 44.1 Å². The number of likely N-dealkylation sites (N-methyl/N-ethyl adjacent to an activating group) is 1. The molecule has 0 aromatic heterocycles. The number of carbonyl (C=O) groups excluding carboxylic acids is 1. The van der Waals surface area contributed by atoms with Crippen LogP contribution in [0.15, 0.2) is 54.6 Å². The molecule has 0 bridgehead atoms. The molecule has 29 heavy (non-hydrogen) atoms. The molecular weight excluding hydrogens is 360 g/mol. The Bertz CT molecular complexity index is 767. The van der Waals surface area contributed by atoms with E-state index >= 15 is 0 Å². The molecule has 3 rings (SSSR count). The molecule has 0 saturated carbocycles. The van der Waals surface area contributed by atoms with E-state index in [1.165, 1.54) is 5.56 Å². The first-order valence-corrected chi connectivity index (χ1v) is 10.7. The van der Waals surface area contributed by atoms with Crippen LogP contribution in [0.3, 0.4) is 0 Å². The average molecular weight is 395 g/mol. The van der Waals surface area contributed by atoms with E-state index < -0.39 is 0 Å². The van der Waals surface area contributed by atoms with Crippen molar-refractivity contribution in [2.75, 3.05) is 57.8 Å². The molecule has 0 radical (unpaired) electrons. The zero-order valence-corrected chi connectivity index (χ0v) is 18.1. The Morgan fingerprint density at radius 3 is 2.21 bits per heavy atom. The van der Waals surface area contributed by atoms with E-state index in [0.717, 1.165) is 57.2 Å². The van der Waals surface area contributed by atoms with Crippen LogP contribution in [0.2, 0.25) is 0 Å². The van der Waals surface area contributed by atoms with Crippen molar-refractivity contribution < 1.29 is 4.79 Å². The van der Waals surface area contributed by atoms with Crippen LogP contribution in [-0.4, -0.2) is 73.5 Å². The van der Waals surface area contributed by atoms with E-state index in [2.05, 4.69) is 53.8 Å². The van der Waals surface area contributed by atoms with E-state index in [9.17, 15) is 4.79 Å². The molecule has 1 fully saturated rings. The maximum Gasteiger partial charge on any atom is 0.245 e. The highest BCUT2D eigenvalue weighted by Crippen LogP contribution is 2.27. The zero-order chi connectivity index (χ0) is 20.6. The number of piperazine rings is 1. The highest BCUT2D eigenvalue weighted by atomic mass is 16.2. The Kier molecular flexibility index (Phi) is 7.81. The SMILES string of the molecule is CCN(CC)Cc1cccc(N(C(=O)CN2CCN(C)CC2)c2ccccc2)c1. The largest absolute Gasteiger partial charge is 0.304 e. The zero-order valence-electron chi connectivity index (χ0n) is 18.1. The number of rotatable bonds is 8. The molecule has 1 amide bonds. The Morgan fingerprint density at radius 2 is 1.55 bits per heavy atom. The highest BCUT2D eigenvalue weighted by Gasteiger charge is 2.23. The number of hydrogen-bond acceptors (Lipinski definition) is 4. The summed E-state index contributed by atoms with van der Waals surface area (Å²) in [5.74, 6) is 0.126. The van der Waals surface area contributed by atoms with Crippen molar-refractivity contribution in [2.24, 2.45) is 0 Å². The molecule has 0 unspecified atom stereocenters. The van der Waals surface area contributed by atoms with Gasteiger partial charge < -0.3 is 4.90 Å². The van der Waals surface area contributed by atoms with Crippen LogP contribution in [0.1, 0.15) is 19.4 Å². The van der Waals surface area contributed by atoms with Gasteiger partial charge in [0.1, 0.15) is 0 Å². The lowest BCUT2D eigenvalue weighted by Crippen LogP contribution is -2.48. The van der Waals surface area contributed by atoms with Crippen molar-refractivity contribution in [3.63, 3.8) is 0 Å². The van der Waals surface area contributed by atoms with Crippen LogP contribution in [0.25, 0.3) is 0 Å². The first-order valence-electron chi connectivity index (χ1n) is 10.7. The van der Waals surface area contributed by atoms with E-state index in [-0.39, 0.29) is 5.91 Å². The Labute approximate surface area is 175 Å². The van der Waals surface area contributed by atoms with Crippen molar-refractivity contribution in [3.8, 4) is 0 Å². The number of anilines is 2. The molecule has 2 aromatic carbocycles. The van der Waals surface area contributed by atoms with E-state index in [1.807, 2.05) is 41.3 Å². The smallest absolute Gasteiger partial charge is 0.245 e. The van der Waals surface area contributed by atoms with Gasteiger partial charge in [0.2, 0.25) is 5.91 Å². The Morgan fingerprint density at radius 1 is 0.897 bits per heavy atom. The number of amides is 1. The molecule has 0 spiro atoms. The monoisotopic (exact) mass is 394 g/mol. The van der Waals surface area contributed by atoms with Crippen LogP contribution in [-0.2, 0) is 11.3 Å². The van der Waals surface area contributed by atoms with Crippen molar-refractivity contribution in [2.45, 2.75) is 20.4 Å². The van der Waals surface area contributed by atoms with Crippen LogP contribution in [0, 0.1) is 0 Å². The van der Waals surface area contributed by atoms with Gasteiger partial charge >= 0.3 is 0 Å². The van der Waals surface area contributed by atoms with Gasteiger partial charge in [-0.2, -0.15) is 0 Å². The quantitative estimate of drug-likeness (QED) is 0.686. The molecule has 5 nitrogen and oxygen atoms in total. The van der Waals surface area contributed by atoms with Crippen molar-refractivity contribution in [1.82, 2.24) is 14.7 Å². The number of para-hydroxylation sites is 1. The van der Waals surface area contributed by atoms with Crippen LogP contribution in [0.4, 0.5) is 11.4 Å². The lowest BCUT2D eigenvalue weighted by molar-refractivity contribution is -0.119. The fourth-order valence-corrected chi connectivity index (χ4v) is 3.78. The van der Waals surface area contributed by atoms with Gasteiger partial charge in [-0.3, -0.25) is 19.5 Å². The summed E-state index contributed by atoms with van der Waals surface area (Å²) in [6, 6.07) is 18.4. The van der Waals surface area contributed by atoms with Gasteiger partial charge in [0.05, 0.1) is 6.54 Å². The molecule has 156 valence electrons.